The van der Waals surface area contributed by atoms with E-state index >= 15 is 0 Å². The van der Waals surface area contributed by atoms with E-state index in [1.807, 2.05) is 12.1 Å². The van der Waals surface area contributed by atoms with Crippen molar-refractivity contribution in [2.24, 2.45) is 5.92 Å². The maximum absolute atomic E-state index is 11.3. The second-order valence-electron chi connectivity index (χ2n) is 4.66. The van der Waals surface area contributed by atoms with Gasteiger partial charge in [-0.15, -0.1) is 0 Å². The quantitative estimate of drug-likeness (QED) is 0.773. The zero-order chi connectivity index (χ0) is 14.4. The Balaban J connectivity index is 2.31. The Morgan fingerprint density at radius 3 is 2.55 bits per heavy atom. The number of benzene rings is 1. The lowest BCUT2D eigenvalue weighted by Gasteiger charge is -2.23. The van der Waals surface area contributed by atoms with Gasteiger partial charge in [-0.25, -0.2) is 4.79 Å². The van der Waals surface area contributed by atoms with Crippen molar-refractivity contribution >= 4 is 28.6 Å². The van der Waals surface area contributed by atoms with Crippen LogP contribution in [0.1, 0.15) is 5.69 Å². The summed E-state index contributed by atoms with van der Waals surface area (Å²) in [6, 6.07) is 8.91. The number of hydrogen-bond donors (Lipinski definition) is 3. The minimum Gasteiger partial charge on any atom is -0.505 e. The second kappa shape index (κ2) is 4.12. The van der Waals surface area contributed by atoms with E-state index in [0.29, 0.717) is 5.69 Å². The van der Waals surface area contributed by atoms with Crippen molar-refractivity contribution in [2.75, 3.05) is 0 Å². The summed E-state index contributed by atoms with van der Waals surface area (Å²) < 4.78 is 1.63. The fraction of sp³-hybridized carbons (Fsp3) is 0.143. The summed E-state index contributed by atoms with van der Waals surface area (Å²) in [5, 5.41) is 29.3. The van der Waals surface area contributed by atoms with Crippen LogP contribution in [0.25, 0.3) is 16.7 Å². The van der Waals surface area contributed by atoms with Crippen LogP contribution in [0.2, 0.25) is 0 Å². The van der Waals surface area contributed by atoms with Crippen LogP contribution in [0.3, 0.4) is 0 Å². The van der Waals surface area contributed by atoms with E-state index in [0.717, 1.165) is 10.9 Å². The summed E-state index contributed by atoms with van der Waals surface area (Å²) in [7, 11) is 0. The SMILES string of the molecule is O=C(O)C1=C(O)c2cc3ccccc3n2CC1C(=O)O. The maximum Gasteiger partial charge on any atom is 0.336 e. The van der Waals surface area contributed by atoms with E-state index in [4.69, 9.17) is 5.11 Å². The second-order valence-corrected chi connectivity index (χ2v) is 4.66. The van der Waals surface area contributed by atoms with Gasteiger partial charge in [0.05, 0.1) is 11.3 Å². The molecule has 1 atom stereocenters. The number of aromatic nitrogens is 1. The zero-order valence-corrected chi connectivity index (χ0v) is 10.3. The van der Waals surface area contributed by atoms with E-state index in [9.17, 15) is 19.8 Å². The first kappa shape index (κ1) is 12.3. The van der Waals surface area contributed by atoms with Crippen molar-refractivity contribution in [3.8, 4) is 0 Å². The molecule has 0 bridgehead atoms. The summed E-state index contributed by atoms with van der Waals surface area (Å²) in [6.45, 7) is -0.0100. The van der Waals surface area contributed by atoms with Crippen molar-refractivity contribution in [1.29, 1.82) is 0 Å². The number of carboxylic acid groups (broad SMARTS) is 2. The fourth-order valence-corrected chi connectivity index (χ4v) is 2.63. The molecule has 102 valence electrons. The molecule has 20 heavy (non-hydrogen) atoms. The van der Waals surface area contributed by atoms with Gasteiger partial charge in [0.1, 0.15) is 5.92 Å². The van der Waals surface area contributed by atoms with Gasteiger partial charge >= 0.3 is 11.9 Å². The Kier molecular flexibility index (Phi) is 2.53. The first-order valence-corrected chi connectivity index (χ1v) is 5.98. The number of aliphatic hydroxyl groups excluding tert-OH is 1. The van der Waals surface area contributed by atoms with E-state index in [-0.39, 0.29) is 6.54 Å². The third-order valence-corrected chi connectivity index (χ3v) is 3.55. The Bertz CT molecular complexity index is 771. The highest BCUT2D eigenvalue weighted by atomic mass is 16.4. The van der Waals surface area contributed by atoms with Crippen molar-refractivity contribution in [2.45, 2.75) is 6.54 Å². The van der Waals surface area contributed by atoms with E-state index in [2.05, 4.69) is 0 Å². The molecule has 1 aliphatic rings. The molecular weight excluding hydrogens is 262 g/mol. The predicted octanol–water partition coefficient (Wildman–Crippen LogP) is 1.71. The van der Waals surface area contributed by atoms with E-state index in [1.54, 1.807) is 22.8 Å². The van der Waals surface area contributed by atoms with Gasteiger partial charge in [0, 0.05) is 17.4 Å². The highest BCUT2D eigenvalue weighted by Crippen LogP contribution is 2.34. The van der Waals surface area contributed by atoms with Gasteiger partial charge in [0.2, 0.25) is 0 Å². The lowest BCUT2D eigenvalue weighted by Crippen LogP contribution is -2.31. The fourth-order valence-electron chi connectivity index (χ4n) is 2.63. The number of nitrogens with zero attached hydrogens (tertiary/aromatic N) is 1. The van der Waals surface area contributed by atoms with Gasteiger partial charge in [0.25, 0.3) is 0 Å². The molecule has 0 spiro atoms. The van der Waals surface area contributed by atoms with Crippen LogP contribution in [0, 0.1) is 5.92 Å². The van der Waals surface area contributed by atoms with Crippen LogP contribution in [0.15, 0.2) is 35.9 Å². The molecule has 2 aromatic rings. The van der Waals surface area contributed by atoms with Gasteiger partial charge in [-0.05, 0) is 12.1 Å². The minimum absolute atomic E-state index is 0.0100. The van der Waals surface area contributed by atoms with Crippen molar-refractivity contribution in [3.05, 3.63) is 41.6 Å². The number of aliphatic carboxylic acids is 2. The number of hydrogen-bond acceptors (Lipinski definition) is 3. The molecular formula is C14H11NO5. The first-order valence-electron chi connectivity index (χ1n) is 5.98. The molecule has 0 aliphatic carbocycles. The smallest absolute Gasteiger partial charge is 0.336 e. The first-order chi connectivity index (χ1) is 9.50. The lowest BCUT2D eigenvalue weighted by molar-refractivity contribution is -0.144. The van der Waals surface area contributed by atoms with E-state index < -0.39 is 29.2 Å². The number of para-hydroxylation sites is 1. The molecule has 6 nitrogen and oxygen atoms in total. The highest BCUT2D eigenvalue weighted by Gasteiger charge is 2.37. The monoisotopic (exact) mass is 273 g/mol. The standard InChI is InChI=1S/C14H11NO5/c16-12-10-5-7-3-1-2-4-9(7)15(10)6-8(13(17)18)11(12)14(19)20/h1-5,8,16H,6H2,(H,17,18)(H,19,20). The molecule has 2 heterocycles. The Labute approximate surface area is 113 Å². The summed E-state index contributed by atoms with van der Waals surface area (Å²) in [5.74, 6) is -4.42. The van der Waals surface area contributed by atoms with Crippen molar-refractivity contribution in [3.63, 3.8) is 0 Å². The average Bonchev–Trinajstić information content (AvgIpc) is 2.77. The molecule has 1 unspecified atom stereocenters. The zero-order valence-electron chi connectivity index (χ0n) is 10.3. The predicted molar refractivity (Wildman–Crippen MR) is 70.2 cm³/mol. The molecule has 3 N–H and O–H groups in total. The van der Waals surface area contributed by atoms with Crippen molar-refractivity contribution < 1.29 is 24.9 Å². The summed E-state index contributed by atoms with van der Waals surface area (Å²) in [4.78, 5) is 22.5. The minimum atomic E-state index is -1.41. The van der Waals surface area contributed by atoms with Gasteiger partial charge < -0.3 is 19.9 Å². The third kappa shape index (κ3) is 1.58. The molecule has 1 aromatic carbocycles. The highest BCUT2D eigenvalue weighted by molar-refractivity contribution is 6.02. The Morgan fingerprint density at radius 1 is 1.20 bits per heavy atom. The lowest BCUT2D eigenvalue weighted by atomic mass is 9.94. The largest absolute Gasteiger partial charge is 0.505 e. The molecule has 0 saturated carbocycles. The Morgan fingerprint density at radius 2 is 1.90 bits per heavy atom. The summed E-state index contributed by atoms with van der Waals surface area (Å²) in [6.07, 6.45) is 0. The van der Waals surface area contributed by atoms with E-state index in [1.165, 1.54) is 0 Å². The number of carbonyl (C=O) groups is 2. The molecule has 6 heteroatoms. The number of rotatable bonds is 2. The molecule has 0 saturated heterocycles. The van der Waals surface area contributed by atoms with Crippen LogP contribution >= 0.6 is 0 Å². The van der Waals surface area contributed by atoms with Crippen LogP contribution in [-0.2, 0) is 16.1 Å². The van der Waals surface area contributed by atoms with Gasteiger partial charge in [-0.3, -0.25) is 4.79 Å². The average molecular weight is 273 g/mol. The van der Waals surface area contributed by atoms with Crippen LogP contribution in [0.5, 0.6) is 0 Å². The molecule has 0 radical (unpaired) electrons. The number of fused-ring (bicyclic) bond motifs is 3. The van der Waals surface area contributed by atoms with Gasteiger partial charge in [-0.2, -0.15) is 0 Å². The number of aliphatic hydroxyl groups is 1. The maximum atomic E-state index is 11.3. The molecule has 3 rings (SSSR count). The summed E-state index contributed by atoms with van der Waals surface area (Å²) in [5.41, 5.74) is 0.638. The van der Waals surface area contributed by atoms with Crippen molar-refractivity contribution in [1.82, 2.24) is 4.57 Å². The van der Waals surface area contributed by atoms with Gasteiger partial charge in [-0.1, -0.05) is 18.2 Å². The molecule has 1 aromatic heterocycles. The molecule has 0 fully saturated rings. The van der Waals surface area contributed by atoms with Gasteiger partial charge in [0.15, 0.2) is 5.76 Å². The third-order valence-electron chi connectivity index (χ3n) is 3.55. The van der Waals surface area contributed by atoms with Crippen LogP contribution in [0.4, 0.5) is 0 Å². The summed E-state index contributed by atoms with van der Waals surface area (Å²) >= 11 is 0. The molecule has 0 amide bonds. The normalized spacial score (nSPS) is 18.1. The van der Waals surface area contributed by atoms with Crippen LogP contribution < -0.4 is 0 Å². The van der Waals surface area contributed by atoms with Crippen LogP contribution in [-0.4, -0.2) is 31.8 Å². The Hall–Kier alpha value is -2.76. The topological polar surface area (TPSA) is 99.8 Å². The molecule has 1 aliphatic heterocycles. The number of carboxylic acids is 2.